The van der Waals surface area contributed by atoms with Crippen molar-refractivity contribution >= 4 is 11.6 Å². The monoisotopic (exact) mass is 353 g/mol. The van der Waals surface area contributed by atoms with Gasteiger partial charge in [-0.25, -0.2) is 0 Å². The number of aromatic nitrogens is 2. The second-order valence-electron chi connectivity index (χ2n) is 7.42. The maximum atomic E-state index is 11.6. The molecule has 1 atom stereocenters. The van der Waals surface area contributed by atoms with Crippen molar-refractivity contribution in [2.75, 3.05) is 37.6 Å². The third-order valence-corrected chi connectivity index (χ3v) is 5.74. The molecule has 3 N–H and O–H groups in total. The highest BCUT2D eigenvalue weighted by atomic mass is 16.1. The molecule has 0 saturated carbocycles. The lowest BCUT2D eigenvalue weighted by atomic mass is 9.92. The van der Waals surface area contributed by atoms with Gasteiger partial charge in [-0.05, 0) is 43.9 Å². The molecule has 2 aliphatic rings. The first-order valence-corrected chi connectivity index (χ1v) is 9.60. The van der Waals surface area contributed by atoms with Crippen LogP contribution in [0.25, 0.3) is 0 Å². The molecule has 1 aromatic carbocycles. The minimum atomic E-state index is -0.393. The standard InChI is InChI=1S/C20H27N5O/c21-20(26)17-13-22-23-19(17)16-7-3-9-24(14-16)11-12-25-10-4-6-15-5-1-2-8-18(15)25/h1-2,5,8,13,16H,3-4,6-7,9-12,14H2,(H2,21,26)(H,22,23). The minimum Gasteiger partial charge on any atom is -0.370 e. The Kier molecular flexibility index (Phi) is 4.93. The molecular weight excluding hydrogens is 326 g/mol. The summed E-state index contributed by atoms with van der Waals surface area (Å²) in [4.78, 5) is 16.6. The number of nitrogens with one attached hydrogen (secondary N) is 1. The van der Waals surface area contributed by atoms with E-state index in [1.807, 2.05) is 0 Å². The predicted molar refractivity (Wildman–Crippen MR) is 102 cm³/mol. The van der Waals surface area contributed by atoms with Gasteiger partial charge in [0.05, 0.1) is 17.5 Å². The summed E-state index contributed by atoms with van der Waals surface area (Å²) >= 11 is 0. The molecule has 2 aromatic rings. The Morgan fingerprint density at radius 2 is 2.12 bits per heavy atom. The van der Waals surface area contributed by atoms with Crippen molar-refractivity contribution in [3.8, 4) is 0 Å². The number of aryl methyl sites for hydroxylation is 1. The second kappa shape index (κ2) is 7.50. The van der Waals surface area contributed by atoms with E-state index in [1.54, 1.807) is 6.20 Å². The van der Waals surface area contributed by atoms with Crippen LogP contribution >= 0.6 is 0 Å². The highest BCUT2D eigenvalue weighted by Crippen LogP contribution is 2.29. The van der Waals surface area contributed by atoms with Crippen LogP contribution in [0, 0.1) is 0 Å². The number of rotatable bonds is 5. The molecule has 6 heteroatoms. The van der Waals surface area contributed by atoms with Gasteiger partial charge in [-0.15, -0.1) is 0 Å². The van der Waals surface area contributed by atoms with Gasteiger partial charge < -0.3 is 15.5 Å². The predicted octanol–water partition coefficient (Wildman–Crippen LogP) is 2.14. The van der Waals surface area contributed by atoms with Gasteiger partial charge in [-0.2, -0.15) is 5.10 Å². The molecule has 2 aliphatic heterocycles. The topological polar surface area (TPSA) is 78.2 Å². The van der Waals surface area contributed by atoms with Gasteiger partial charge in [0.1, 0.15) is 0 Å². The number of carbonyl (C=O) groups excluding carboxylic acids is 1. The molecule has 0 spiro atoms. The van der Waals surface area contributed by atoms with Gasteiger partial charge in [-0.1, -0.05) is 18.2 Å². The number of benzene rings is 1. The van der Waals surface area contributed by atoms with Crippen LogP contribution in [0.3, 0.4) is 0 Å². The Morgan fingerprint density at radius 1 is 1.23 bits per heavy atom. The lowest BCUT2D eigenvalue weighted by Gasteiger charge is -2.36. The molecule has 1 aromatic heterocycles. The number of fused-ring (bicyclic) bond motifs is 1. The molecule has 4 rings (SSSR count). The zero-order chi connectivity index (χ0) is 17.9. The van der Waals surface area contributed by atoms with Crippen LogP contribution in [0.2, 0.25) is 0 Å². The Morgan fingerprint density at radius 3 is 3.00 bits per heavy atom. The normalized spacial score (nSPS) is 20.8. The number of likely N-dealkylation sites (tertiary alicyclic amines) is 1. The SMILES string of the molecule is NC(=O)c1cn[nH]c1C1CCCN(CCN2CCCc3ccccc32)C1. The van der Waals surface area contributed by atoms with Crippen LogP contribution in [0.4, 0.5) is 5.69 Å². The maximum Gasteiger partial charge on any atom is 0.252 e. The van der Waals surface area contributed by atoms with E-state index in [1.165, 1.54) is 24.1 Å². The van der Waals surface area contributed by atoms with E-state index >= 15 is 0 Å². The summed E-state index contributed by atoms with van der Waals surface area (Å²) < 4.78 is 0. The number of hydrogen-bond donors (Lipinski definition) is 2. The molecule has 0 bridgehead atoms. The Labute approximate surface area is 154 Å². The summed E-state index contributed by atoms with van der Waals surface area (Å²) in [6.45, 7) is 5.31. The summed E-state index contributed by atoms with van der Waals surface area (Å²) in [5.74, 6) is -0.0850. The van der Waals surface area contributed by atoms with Crippen molar-refractivity contribution in [3.63, 3.8) is 0 Å². The first kappa shape index (κ1) is 17.1. The summed E-state index contributed by atoms with van der Waals surface area (Å²) in [6, 6.07) is 8.77. The van der Waals surface area contributed by atoms with Gasteiger partial charge in [0.15, 0.2) is 0 Å². The molecule has 26 heavy (non-hydrogen) atoms. The number of amides is 1. The summed E-state index contributed by atoms with van der Waals surface area (Å²) in [7, 11) is 0. The number of para-hydroxylation sites is 1. The van der Waals surface area contributed by atoms with E-state index < -0.39 is 5.91 Å². The Balaban J connectivity index is 1.39. The zero-order valence-corrected chi connectivity index (χ0v) is 15.2. The van der Waals surface area contributed by atoms with Gasteiger partial charge in [0, 0.05) is 37.8 Å². The van der Waals surface area contributed by atoms with Crippen LogP contribution in [-0.2, 0) is 6.42 Å². The van der Waals surface area contributed by atoms with Crippen molar-refractivity contribution in [1.82, 2.24) is 15.1 Å². The molecule has 0 aliphatic carbocycles. The lowest BCUT2D eigenvalue weighted by Crippen LogP contribution is -2.41. The van der Waals surface area contributed by atoms with Crippen LogP contribution < -0.4 is 10.6 Å². The smallest absolute Gasteiger partial charge is 0.252 e. The number of hydrogen-bond acceptors (Lipinski definition) is 4. The number of nitrogens with two attached hydrogens (primary N) is 1. The molecule has 3 heterocycles. The van der Waals surface area contributed by atoms with Crippen molar-refractivity contribution in [2.24, 2.45) is 5.73 Å². The fourth-order valence-electron chi connectivity index (χ4n) is 4.40. The number of H-pyrrole nitrogens is 1. The van der Waals surface area contributed by atoms with Crippen molar-refractivity contribution in [3.05, 3.63) is 47.3 Å². The minimum absolute atomic E-state index is 0.308. The van der Waals surface area contributed by atoms with Crippen LogP contribution in [0.15, 0.2) is 30.5 Å². The molecule has 6 nitrogen and oxygen atoms in total. The van der Waals surface area contributed by atoms with E-state index in [0.29, 0.717) is 11.5 Å². The van der Waals surface area contributed by atoms with Gasteiger partial charge in [0.2, 0.25) is 0 Å². The molecular formula is C20H27N5O. The van der Waals surface area contributed by atoms with Crippen LogP contribution in [0.1, 0.15) is 46.8 Å². The summed E-state index contributed by atoms with van der Waals surface area (Å²) in [5.41, 5.74) is 9.80. The third kappa shape index (κ3) is 3.46. The highest BCUT2D eigenvalue weighted by molar-refractivity contribution is 5.93. The molecule has 1 fully saturated rings. The van der Waals surface area contributed by atoms with Crippen LogP contribution in [0.5, 0.6) is 0 Å². The van der Waals surface area contributed by atoms with Gasteiger partial charge in [-0.3, -0.25) is 9.89 Å². The van der Waals surface area contributed by atoms with E-state index in [-0.39, 0.29) is 0 Å². The Bertz CT molecular complexity index is 771. The van der Waals surface area contributed by atoms with Crippen LogP contribution in [-0.4, -0.2) is 53.7 Å². The molecule has 1 unspecified atom stereocenters. The van der Waals surface area contributed by atoms with E-state index in [2.05, 4.69) is 44.3 Å². The molecule has 1 saturated heterocycles. The molecule has 138 valence electrons. The summed E-state index contributed by atoms with van der Waals surface area (Å²) in [6.07, 6.45) is 6.19. The number of nitrogens with zero attached hydrogens (tertiary/aromatic N) is 3. The van der Waals surface area contributed by atoms with Crippen molar-refractivity contribution in [2.45, 2.75) is 31.6 Å². The quantitative estimate of drug-likeness (QED) is 0.863. The largest absolute Gasteiger partial charge is 0.370 e. The third-order valence-electron chi connectivity index (χ3n) is 5.74. The summed E-state index contributed by atoms with van der Waals surface area (Å²) in [5, 5.41) is 7.04. The van der Waals surface area contributed by atoms with Crippen molar-refractivity contribution in [1.29, 1.82) is 0 Å². The van der Waals surface area contributed by atoms with Gasteiger partial charge >= 0.3 is 0 Å². The van der Waals surface area contributed by atoms with Gasteiger partial charge in [0.25, 0.3) is 5.91 Å². The Hall–Kier alpha value is -2.34. The lowest BCUT2D eigenvalue weighted by molar-refractivity contribution is 0.0998. The molecule has 1 amide bonds. The highest BCUT2D eigenvalue weighted by Gasteiger charge is 2.26. The average molecular weight is 353 g/mol. The number of piperidine rings is 1. The molecule has 0 radical (unpaired) electrons. The first-order chi connectivity index (χ1) is 12.7. The number of aromatic amines is 1. The van der Waals surface area contributed by atoms with E-state index in [4.69, 9.17) is 5.73 Å². The average Bonchev–Trinajstić information content (AvgIpc) is 3.17. The maximum absolute atomic E-state index is 11.6. The van der Waals surface area contributed by atoms with E-state index in [9.17, 15) is 4.79 Å². The number of anilines is 1. The number of primary amides is 1. The zero-order valence-electron chi connectivity index (χ0n) is 15.2. The number of carbonyl (C=O) groups is 1. The van der Waals surface area contributed by atoms with E-state index in [0.717, 1.165) is 51.3 Å². The first-order valence-electron chi connectivity index (χ1n) is 9.60. The van der Waals surface area contributed by atoms with Crippen molar-refractivity contribution < 1.29 is 4.79 Å². The fourth-order valence-corrected chi connectivity index (χ4v) is 4.40. The fraction of sp³-hybridized carbons (Fsp3) is 0.500. The second-order valence-corrected chi connectivity index (χ2v) is 7.42.